The summed E-state index contributed by atoms with van der Waals surface area (Å²) < 4.78 is 15.9. The Bertz CT molecular complexity index is 1800. The van der Waals surface area contributed by atoms with Crippen LogP contribution in [0.4, 0.5) is 4.39 Å². The molecule has 1 fully saturated rings. The number of rotatable bonds is 10. The Morgan fingerprint density at radius 2 is 1.73 bits per heavy atom. The summed E-state index contributed by atoms with van der Waals surface area (Å²) in [5.41, 5.74) is 5.38. The SMILES string of the molecule is CN(C)CCCN(C)[C@H]1CCN(C(=O)c2[nH]c3cc(Cl)ccc3c2-c2c(-c3ccc(F)cc3)cnn2Cc2ccc(Cl)cc2)C1. The number of fused-ring (bicyclic) bond motifs is 1. The normalized spacial score (nSPS) is 15.2. The lowest BCUT2D eigenvalue weighted by Crippen LogP contribution is -2.37. The summed E-state index contributed by atoms with van der Waals surface area (Å²) >= 11 is 12.6. The summed E-state index contributed by atoms with van der Waals surface area (Å²) in [4.78, 5) is 24.4. The molecule has 0 spiro atoms. The lowest BCUT2D eigenvalue weighted by molar-refractivity contribution is 0.0776. The molecule has 1 atom stereocenters. The Hall–Kier alpha value is -3.69. The van der Waals surface area contributed by atoms with Gasteiger partial charge in [0.2, 0.25) is 0 Å². The molecule has 10 heteroatoms. The van der Waals surface area contributed by atoms with E-state index in [0.29, 0.717) is 41.4 Å². The molecule has 1 N–H and O–H groups in total. The van der Waals surface area contributed by atoms with Crippen molar-refractivity contribution in [3.8, 4) is 22.4 Å². The Balaban J connectivity index is 1.43. The molecule has 5 aromatic rings. The molecule has 0 saturated carbocycles. The second kappa shape index (κ2) is 13.3. The number of H-pyrrole nitrogens is 1. The van der Waals surface area contributed by atoms with Gasteiger partial charge in [-0.25, -0.2) is 4.39 Å². The minimum absolute atomic E-state index is 0.0641. The van der Waals surface area contributed by atoms with E-state index < -0.39 is 0 Å². The van der Waals surface area contributed by atoms with Crippen LogP contribution in [-0.4, -0.2) is 88.7 Å². The molecule has 6 rings (SSSR count). The summed E-state index contributed by atoms with van der Waals surface area (Å²) in [5.74, 6) is -0.382. The number of amides is 1. The maximum atomic E-state index is 14.4. The fourth-order valence-electron chi connectivity index (χ4n) is 6.21. The number of likely N-dealkylation sites (N-methyl/N-ethyl adjacent to an activating group) is 1. The van der Waals surface area contributed by atoms with Gasteiger partial charge in [0.25, 0.3) is 5.91 Å². The van der Waals surface area contributed by atoms with Crippen LogP contribution < -0.4 is 0 Å². The quantitative estimate of drug-likeness (QED) is 0.173. The van der Waals surface area contributed by atoms with Gasteiger partial charge >= 0.3 is 0 Å². The Kier molecular flexibility index (Phi) is 9.28. The van der Waals surface area contributed by atoms with Crippen molar-refractivity contribution >= 4 is 40.0 Å². The van der Waals surface area contributed by atoms with Crippen molar-refractivity contribution in [3.05, 3.63) is 100 Å². The van der Waals surface area contributed by atoms with Gasteiger partial charge in [0, 0.05) is 51.2 Å². The van der Waals surface area contributed by atoms with Gasteiger partial charge in [-0.1, -0.05) is 53.5 Å². The molecule has 2 aromatic heterocycles. The number of benzene rings is 3. The van der Waals surface area contributed by atoms with Crippen LogP contribution in [0.15, 0.2) is 72.9 Å². The van der Waals surface area contributed by atoms with Crippen molar-refractivity contribution in [1.82, 2.24) is 29.5 Å². The first-order valence-electron chi connectivity index (χ1n) is 15.2. The van der Waals surface area contributed by atoms with Crippen LogP contribution in [0.3, 0.4) is 0 Å². The zero-order valence-corrected chi connectivity index (χ0v) is 27.2. The maximum Gasteiger partial charge on any atom is 0.271 e. The number of likely N-dealkylation sites (tertiary alicyclic amines) is 1. The number of carbonyl (C=O) groups is 1. The van der Waals surface area contributed by atoms with Gasteiger partial charge in [-0.2, -0.15) is 5.10 Å². The number of nitrogens with one attached hydrogen (secondary N) is 1. The van der Waals surface area contributed by atoms with Crippen LogP contribution in [0.25, 0.3) is 33.3 Å². The zero-order valence-electron chi connectivity index (χ0n) is 25.7. The van der Waals surface area contributed by atoms with Gasteiger partial charge in [0.05, 0.1) is 18.4 Å². The van der Waals surface area contributed by atoms with Gasteiger partial charge in [-0.05, 0) is 94.6 Å². The maximum absolute atomic E-state index is 14.4. The van der Waals surface area contributed by atoms with E-state index in [4.69, 9.17) is 28.3 Å². The number of halogens is 3. The molecule has 7 nitrogen and oxygen atoms in total. The fraction of sp³-hybridized carbons (Fsp3) is 0.314. The molecule has 0 bridgehead atoms. The van der Waals surface area contributed by atoms with E-state index in [9.17, 15) is 9.18 Å². The van der Waals surface area contributed by atoms with Crippen LogP contribution in [0.5, 0.6) is 0 Å². The first-order valence-corrected chi connectivity index (χ1v) is 16.0. The predicted octanol–water partition coefficient (Wildman–Crippen LogP) is 7.29. The third-order valence-corrected chi connectivity index (χ3v) is 9.13. The van der Waals surface area contributed by atoms with Crippen molar-refractivity contribution in [3.63, 3.8) is 0 Å². The van der Waals surface area contributed by atoms with Crippen molar-refractivity contribution in [1.29, 1.82) is 0 Å². The number of hydrogen-bond acceptors (Lipinski definition) is 4. The monoisotopic (exact) mass is 646 g/mol. The Morgan fingerprint density at radius 3 is 2.47 bits per heavy atom. The van der Waals surface area contributed by atoms with Gasteiger partial charge in [-0.3, -0.25) is 9.48 Å². The van der Waals surface area contributed by atoms with E-state index in [1.807, 2.05) is 52.0 Å². The standard InChI is InChI=1S/C35H37Cl2FN6O/c1-41(2)16-4-17-42(3)28-15-18-43(22-28)35(45)33-32(29-14-11-26(37)19-31(29)40-33)34-30(24-7-12-27(38)13-8-24)20-39-44(34)21-23-5-9-25(36)10-6-23/h5-14,19-20,28,40H,4,15-18,21-22H2,1-3H3/t28-/m0/s1. The first kappa shape index (κ1) is 31.3. The van der Waals surface area contributed by atoms with E-state index in [-0.39, 0.29) is 11.7 Å². The van der Waals surface area contributed by atoms with Crippen LogP contribution in [0.2, 0.25) is 10.0 Å². The largest absolute Gasteiger partial charge is 0.350 e. The lowest BCUT2D eigenvalue weighted by atomic mass is 9.98. The summed E-state index contributed by atoms with van der Waals surface area (Å²) in [6.07, 6.45) is 3.78. The second-order valence-corrected chi connectivity index (χ2v) is 13.0. The fourth-order valence-corrected chi connectivity index (χ4v) is 6.51. The summed E-state index contributed by atoms with van der Waals surface area (Å²) in [6, 6.07) is 19.9. The first-order chi connectivity index (χ1) is 21.7. The number of carbonyl (C=O) groups excluding carboxylic acids is 1. The van der Waals surface area contributed by atoms with Gasteiger partial charge < -0.3 is 19.7 Å². The number of aromatic amines is 1. The highest BCUT2D eigenvalue weighted by Gasteiger charge is 2.33. The molecule has 0 aliphatic carbocycles. The van der Waals surface area contributed by atoms with E-state index in [1.54, 1.807) is 18.3 Å². The summed E-state index contributed by atoms with van der Waals surface area (Å²) in [7, 11) is 6.32. The highest BCUT2D eigenvalue weighted by Crippen LogP contribution is 2.40. The average molecular weight is 648 g/mol. The van der Waals surface area contributed by atoms with Crippen molar-refractivity contribution < 1.29 is 9.18 Å². The predicted molar refractivity (Wildman–Crippen MR) is 181 cm³/mol. The number of hydrogen-bond donors (Lipinski definition) is 1. The highest BCUT2D eigenvalue weighted by molar-refractivity contribution is 6.31. The Morgan fingerprint density at radius 1 is 1.00 bits per heavy atom. The molecule has 3 heterocycles. The van der Waals surface area contributed by atoms with E-state index in [0.717, 1.165) is 64.8 Å². The third-order valence-electron chi connectivity index (χ3n) is 8.64. The number of nitrogens with zero attached hydrogens (tertiary/aromatic N) is 5. The van der Waals surface area contributed by atoms with Crippen molar-refractivity contribution in [2.75, 3.05) is 47.3 Å². The van der Waals surface area contributed by atoms with E-state index in [1.165, 1.54) is 12.1 Å². The zero-order chi connectivity index (χ0) is 31.7. The van der Waals surface area contributed by atoms with Crippen LogP contribution >= 0.6 is 23.2 Å². The molecular weight excluding hydrogens is 610 g/mol. The lowest BCUT2D eigenvalue weighted by Gasteiger charge is -2.25. The van der Waals surface area contributed by atoms with Gasteiger partial charge in [-0.15, -0.1) is 0 Å². The summed E-state index contributed by atoms with van der Waals surface area (Å²) in [5, 5.41) is 6.89. The van der Waals surface area contributed by atoms with Crippen LogP contribution in [0, 0.1) is 5.82 Å². The third kappa shape index (κ3) is 6.79. The molecule has 1 amide bonds. The highest BCUT2D eigenvalue weighted by atomic mass is 35.5. The molecule has 0 unspecified atom stereocenters. The molecular formula is C35H37Cl2FN6O. The van der Waals surface area contributed by atoms with Crippen molar-refractivity contribution in [2.45, 2.75) is 25.4 Å². The van der Waals surface area contributed by atoms with Gasteiger partial charge in [0.1, 0.15) is 11.5 Å². The molecule has 3 aromatic carbocycles. The minimum Gasteiger partial charge on any atom is -0.350 e. The Labute approximate surface area is 273 Å². The molecule has 45 heavy (non-hydrogen) atoms. The topological polar surface area (TPSA) is 60.4 Å². The summed E-state index contributed by atoms with van der Waals surface area (Å²) in [6.45, 7) is 3.78. The van der Waals surface area contributed by atoms with E-state index >= 15 is 0 Å². The molecule has 0 radical (unpaired) electrons. The molecule has 1 aliphatic heterocycles. The van der Waals surface area contributed by atoms with Gasteiger partial charge in [0.15, 0.2) is 0 Å². The van der Waals surface area contributed by atoms with Crippen LogP contribution in [-0.2, 0) is 6.54 Å². The second-order valence-electron chi connectivity index (χ2n) is 12.1. The average Bonchev–Trinajstić information content (AvgIpc) is 3.75. The molecule has 1 aliphatic rings. The van der Waals surface area contributed by atoms with E-state index in [2.05, 4.69) is 35.9 Å². The molecule has 234 valence electrons. The molecule has 1 saturated heterocycles. The smallest absolute Gasteiger partial charge is 0.271 e. The van der Waals surface area contributed by atoms with Crippen LogP contribution in [0.1, 0.15) is 28.9 Å². The van der Waals surface area contributed by atoms with Crippen molar-refractivity contribution in [2.24, 2.45) is 0 Å². The number of aromatic nitrogens is 3. The minimum atomic E-state index is -0.318.